The predicted molar refractivity (Wildman–Crippen MR) is 78.5 cm³/mol. The lowest BCUT2D eigenvalue weighted by Crippen LogP contribution is -2.32. The van der Waals surface area contributed by atoms with Gasteiger partial charge in [-0.3, -0.25) is 9.59 Å². The third kappa shape index (κ3) is 2.25. The molecule has 110 valence electrons. The second-order valence-corrected chi connectivity index (χ2v) is 5.22. The molecule has 1 aliphatic rings. The van der Waals surface area contributed by atoms with Crippen molar-refractivity contribution < 1.29 is 19.2 Å². The molecule has 0 radical (unpaired) electrons. The van der Waals surface area contributed by atoms with E-state index in [2.05, 4.69) is 0 Å². The van der Waals surface area contributed by atoms with Crippen molar-refractivity contribution in [2.24, 2.45) is 0 Å². The van der Waals surface area contributed by atoms with Crippen LogP contribution in [0.15, 0.2) is 42.5 Å². The molecule has 1 aliphatic heterocycles. The van der Waals surface area contributed by atoms with E-state index in [0.717, 1.165) is 0 Å². The van der Waals surface area contributed by atoms with Crippen molar-refractivity contribution in [3.8, 4) is 0 Å². The number of carbonyl (C=O) groups excluding carboxylic acids is 3. The van der Waals surface area contributed by atoms with Gasteiger partial charge < -0.3 is 4.84 Å². The van der Waals surface area contributed by atoms with Crippen LogP contribution < -0.4 is 0 Å². The number of benzene rings is 2. The zero-order chi connectivity index (χ0) is 15.9. The number of halogens is 1. The van der Waals surface area contributed by atoms with Crippen LogP contribution in [0.2, 0.25) is 5.02 Å². The number of rotatable bonds is 2. The van der Waals surface area contributed by atoms with E-state index in [1.54, 1.807) is 25.1 Å². The zero-order valence-corrected chi connectivity index (χ0v) is 12.3. The van der Waals surface area contributed by atoms with E-state index in [-0.39, 0.29) is 16.7 Å². The van der Waals surface area contributed by atoms with Crippen LogP contribution in [-0.2, 0) is 4.84 Å². The standard InChI is InChI=1S/C16H10ClNO4/c1-9-8-10(17)6-7-11(9)16(21)22-18-14(19)12-4-2-3-5-13(12)15(18)20/h2-8H,1H3. The van der Waals surface area contributed by atoms with E-state index in [0.29, 0.717) is 15.6 Å². The number of hydrogen-bond acceptors (Lipinski definition) is 4. The fraction of sp³-hybridized carbons (Fsp3) is 0.0625. The third-order valence-corrected chi connectivity index (χ3v) is 3.57. The lowest BCUT2D eigenvalue weighted by Gasteiger charge is -2.13. The SMILES string of the molecule is Cc1cc(Cl)ccc1C(=O)ON1C(=O)c2ccccc2C1=O. The first-order valence-corrected chi connectivity index (χ1v) is 6.83. The van der Waals surface area contributed by atoms with Crippen molar-refractivity contribution >= 4 is 29.4 Å². The van der Waals surface area contributed by atoms with Crippen LogP contribution in [0.1, 0.15) is 36.6 Å². The highest BCUT2D eigenvalue weighted by atomic mass is 35.5. The molecule has 0 saturated heterocycles. The minimum atomic E-state index is -0.788. The van der Waals surface area contributed by atoms with Crippen molar-refractivity contribution in [3.05, 3.63) is 69.7 Å². The number of carbonyl (C=O) groups is 3. The van der Waals surface area contributed by atoms with E-state index in [4.69, 9.17) is 16.4 Å². The van der Waals surface area contributed by atoms with E-state index in [1.807, 2.05) is 0 Å². The molecule has 0 spiro atoms. The maximum Gasteiger partial charge on any atom is 0.364 e. The average Bonchev–Trinajstić information content (AvgIpc) is 2.73. The van der Waals surface area contributed by atoms with Crippen molar-refractivity contribution in [1.82, 2.24) is 5.06 Å². The molecule has 0 atom stereocenters. The number of nitrogens with zero attached hydrogens (tertiary/aromatic N) is 1. The molecule has 1 heterocycles. The summed E-state index contributed by atoms with van der Waals surface area (Å²) in [4.78, 5) is 41.4. The smallest absolute Gasteiger partial charge is 0.324 e. The summed E-state index contributed by atoms with van der Waals surface area (Å²) in [7, 11) is 0. The van der Waals surface area contributed by atoms with Gasteiger partial charge in [-0.25, -0.2) is 4.79 Å². The van der Waals surface area contributed by atoms with Gasteiger partial charge in [-0.2, -0.15) is 0 Å². The van der Waals surface area contributed by atoms with Gasteiger partial charge in [-0.15, -0.1) is 0 Å². The largest absolute Gasteiger partial charge is 0.364 e. The van der Waals surface area contributed by atoms with Gasteiger partial charge in [0.15, 0.2) is 0 Å². The molecule has 0 N–H and O–H groups in total. The summed E-state index contributed by atoms with van der Waals surface area (Å²) in [5.74, 6) is -2.09. The molecule has 22 heavy (non-hydrogen) atoms. The predicted octanol–water partition coefficient (Wildman–Crippen LogP) is 3.02. The lowest BCUT2D eigenvalue weighted by atomic mass is 10.1. The molecule has 6 heteroatoms. The maximum absolute atomic E-state index is 12.2. The molecule has 0 bridgehead atoms. The Bertz CT molecular complexity index is 781. The van der Waals surface area contributed by atoms with E-state index in [9.17, 15) is 14.4 Å². The molecule has 2 aromatic rings. The molecule has 0 saturated carbocycles. The van der Waals surface area contributed by atoms with Crippen LogP contribution in [0.4, 0.5) is 0 Å². The molecule has 0 unspecified atom stereocenters. The van der Waals surface area contributed by atoms with E-state index < -0.39 is 17.8 Å². The van der Waals surface area contributed by atoms with Crippen LogP contribution >= 0.6 is 11.6 Å². The summed E-state index contributed by atoms with van der Waals surface area (Å²) < 4.78 is 0. The van der Waals surface area contributed by atoms with Gasteiger partial charge in [-0.1, -0.05) is 28.8 Å². The molecule has 0 fully saturated rings. The number of aryl methyl sites for hydroxylation is 1. The van der Waals surface area contributed by atoms with Gasteiger partial charge in [0.25, 0.3) is 11.8 Å². The first kappa shape index (κ1) is 14.3. The number of hydroxylamine groups is 2. The van der Waals surface area contributed by atoms with Gasteiger partial charge in [0, 0.05) is 5.02 Å². The molecular formula is C16H10ClNO4. The normalized spacial score (nSPS) is 13.3. The number of fused-ring (bicyclic) bond motifs is 1. The Morgan fingerprint density at radius 1 is 1.05 bits per heavy atom. The first-order valence-electron chi connectivity index (χ1n) is 6.45. The van der Waals surface area contributed by atoms with Gasteiger partial charge in [0.05, 0.1) is 16.7 Å². The summed E-state index contributed by atoms with van der Waals surface area (Å²) in [5, 5.41) is 0.968. The highest BCUT2D eigenvalue weighted by molar-refractivity contribution is 6.30. The van der Waals surface area contributed by atoms with Crippen molar-refractivity contribution in [2.45, 2.75) is 6.92 Å². The summed E-state index contributed by atoms with van der Waals surface area (Å²) in [5.41, 5.74) is 1.26. The highest BCUT2D eigenvalue weighted by Gasteiger charge is 2.38. The molecule has 0 aromatic heterocycles. The van der Waals surface area contributed by atoms with Crippen LogP contribution in [-0.4, -0.2) is 22.8 Å². The number of hydrogen-bond donors (Lipinski definition) is 0. The van der Waals surface area contributed by atoms with Crippen molar-refractivity contribution in [1.29, 1.82) is 0 Å². The Kier molecular flexibility index (Phi) is 3.42. The van der Waals surface area contributed by atoms with Gasteiger partial charge in [0.1, 0.15) is 0 Å². The minimum absolute atomic E-state index is 0.216. The van der Waals surface area contributed by atoms with Crippen LogP contribution in [0.5, 0.6) is 0 Å². The molecule has 3 rings (SSSR count). The monoisotopic (exact) mass is 315 g/mol. The second-order valence-electron chi connectivity index (χ2n) is 4.79. The zero-order valence-electron chi connectivity index (χ0n) is 11.5. The summed E-state index contributed by atoms with van der Waals surface area (Å²) in [6.45, 7) is 1.69. The minimum Gasteiger partial charge on any atom is -0.324 e. The number of amides is 2. The molecular weight excluding hydrogens is 306 g/mol. The second kappa shape index (κ2) is 5.27. The summed E-state index contributed by atoms with van der Waals surface area (Å²) >= 11 is 5.83. The Morgan fingerprint density at radius 3 is 2.18 bits per heavy atom. The fourth-order valence-corrected chi connectivity index (χ4v) is 2.46. The maximum atomic E-state index is 12.2. The van der Waals surface area contributed by atoms with Gasteiger partial charge in [0.2, 0.25) is 0 Å². The molecule has 0 aliphatic carbocycles. The Morgan fingerprint density at radius 2 is 1.64 bits per heavy atom. The van der Waals surface area contributed by atoms with Crippen molar-refractivity contribution in [3.63, 3.8) is 0 Å². The van der Waals surface area contributed by atoms with E-state index in [1.165, 1.54) is 24.3 Å². The van der Waals surface area contributed by atoms with Crippen LogP contribution in [0.25, 0.3) is 0 Å². The fourth-order valence-electron chi connectivity index (χ4n) is 2.24. The molecule has 2 aromatic carbocycles. The lowest BCUT2D eigenvalue weighted by molar-refractivity contribution is -0.0585. The summed E-state index contributed by atoms with van der Waals surface area (Å²) in [6.07, 6.45) is 0. The quantitative estimate of drug-likeness (QED) is 0.799. The topological polar surface area (TPSA) is 63.7 Å². The summed E-state index contributed by atoms with van der Waals surface area (Å²) in [6, 6.07) is 10.9. The van der Waals surface area contributed by atoms with E-state index >= 15 is 0 Å². The first-order chi connectivity index (χ1) is 10.5. The highest BCUT2D eigenvalue weighted by Crippen LogP contribution is 2.24. The third-order valence-electron chi connectivity index (χ3n) is 3.34. The molecule has 5 nitrogen and oxygen atoms in total. The Labute approximate surface area is 131 Å². The average molecular weight is 316 g/mol. The Hall–Kier alpha value is -2.66. The molecule has 2 amide bonds. The van der Waals surface area contributed by atoms with Crippen LogP contribution in [0.3, 0.4) is 0 Å². The van der Waals surface area contributed by atoms with Crippen molar-refractivity contribution in [2.75, 3.05) is 0 Å². The van der Waals surface area contributed by atoms with Gasteiger partial charge in [-0.05, 0) is 42.8 Å². The van der Waals surface area contributed by atoms with Crippen LogP contribution in [0, 0.1) is 6.92 Å². The Balaban J connectivity index is 1.87. The van der Waals surface area contributed by atoms with Gasteiger partial charge >= 0.3 is 5.97 Å². The number of imide groups is 1.